The maximum Gasteiger partial charge on any atom is 0.231 e. The third-order valence-corrected chi connectivity index (χ3v) is 4.02. The van der Waals surface area contributed by atoms with Crippen molar-refractivity contribution in [2.75, 3.05) is 31.8 Å². The van der Waals surface area contributed by atoms with Crippen LogP contribution in [-0.4, -0.2) is 38.4 Å². The third-order valence-electron chi connectivity index (χ3n) is 4.02. The number of hydrogen-bond donors (Lipinski definition) is 3. The van der Waals surface area contributed by atoms with Gasteiger partial charge in [-0.05, 0) is 36.8 Å². The van der Waals surface area contributed by atoms with E-state index in [1.165, 1.54) is 6.92 Å². The summed E-state index contributed by atoms with van der Waals surface area (Å²) in [6.07, 6.45) is 0. The van der Waals surface area contributed by atoms with Gasteiger partial charge in [0.05, 0.1) is 13.1 Å². The van der Waals surface area contributed by atoms with Gasteiger partial charge in [0.2, 0.25) is 12.7 Å². The number of anilines is 1. The fourth-order valence-corrected chi connectivity index (χ4v) is 2.76. The highest BCUT2D eigenvalue weighted by atomic mass is 127. The summed E-state index contributed by atoms with van der Waals surface area (Å²) in [6, 6.07) is 13.1. The summed E-state index contributed by atoms with van der Waals surface area (Å²) in [5.41, 5.74) is 1.75. The first-order valence-electron chi connectivity index (χ1n) is 9.55. The molecule has 0 saturated carbocycles. The molecule has 162 valence electrons. The Bertz CT molecular complexity index is 876. The number of benzene rings is 2. The maximum atomic E-state index is 11.1. The fourth-order valence-electron chi connectivity index (χ4n) is 2.76. The largest absolute Gasteiger partial charge is 0.492 e. The van der Waals surface area contributed by atoms with E-state index in [2.05, 4.69) is 20.9 Å². The van der Waals surface area contributed by atoms with E-state index < -0.39 is 0 Å². The Labute approximate surface area is 193 Å². The standard InChI is InChI=1S/C21H26N4O4.HI/c1-3-22-21(24-13-16-7-8-19-20(11-16)29-14-28-19)23-9-10-27-18-6-4-5-17(12-18)25-15(2)26;/h4-8,11-12H,3,9-10,13-14H2,1-2H3,(H,25,26)(H2,22,23,24);1H. The Hall–Kier alpha value is -2.69. The van der Waals surface area contributed by atoms with E-state index in [1.54, 1.807) is 6.07 Å². The van der Waals surface area contributed by atoms with Crippen LogP contribution in [0.4, 0.5) is 5.69 Å². The molecule has 8 nitrogen and oxygen atoms in total. The smallest absolute Gasteiger partial charge is 0.231 e. The summed E-state index contributed by atoms with van der Waals surface area (Å²) in [5, 5.41) is 9.20. The van der Waals surface area contributed by atoms with Crippen molar-refractivity contribution in [3.05, 3.63) is 48.0 Å². The summed E-state index contributed by atoms with van der Waals surface area (Å²) in [6.45, 7) is 6.07. The Morgan fingerprint density at radius 2 is 1.97 bits per heavy atom. The molecular weight excluding hydrogens is 499 g/mol. The third kappa shape index (κ3) is 7.29. The highest BCUT2D eigenvalue weighted by Gasteiger charge is 2.12. The number of rotatable bonds is 8. The van der Waals surface area contributed by atoms with E-state index in [0.29, 0.717) is 37.1 Å². The molecular formula is C21H27IN4O4. The molecule has 30 heavy (non-hydrogen) atoms. The average Bonchev–Trinajstić information content (AvgIpc) is 3.17. The molecule has 0 saturated heterocycles. The van der Waals surface area contributed by atoms with Crippen LogP contribution in [-0.2, 0) is 11.3 Å². The number of halogens is 1. The van der Waals surface area contributed by atoms with Gasteiger partial charge >= 0.3 is 0 Å². The van der Waals surface area contributed by atoms with E-state index in [-0.39, 0.29) is 36.7 Å². The quantitative estimate of drug-likeness (QED) is 0.212. The molecule has 1 aliphatic rings. The second kappa shape index (κ2) is 12.1. The van der Waals surface area contributed by atoms with E-state index in [0.717, 1.165) is 23.6 Å². The molecule has 9 heteroatoms. The fraction of sp³-hybridized carbons (Fsp3) is 0.333. The van der Waals surface area contributed by atoms with Gasteiger partial charge in [0.15, 0.2) is 17.5 Å². The molecule has 1 heterocycles. The first-order valence-corrected chi connectivity index (χ1v) is 9.55. The zero-order chi connectivity index (χ0) is 20.5. The second-order valence-electron chi connectivity index (χ2n) is 6.37. The minimum absolute atomic E-state index is 0. The summed E-state index contributed by atoms with van der Waals surface area (Å²) in [4.78, 5) is 15.7. The van der Waals surface area contributed by atoms with Crippen LogP contribution in [0.2, 0.25) is 0 Å². The van der Waals surface area contributed by atoms with Crippen LogP contribution in [0.15, 0.2) is 47.5 Å². The van der Waals surface area contributed by atoms with Crippen LogP contribution in [0.3, 0.4) is 0 Å². The zero-order valence-corrected chi connectivity index (χ0v) is 19.4. The predicted molar refractivity (Wildman–Crippen MR) is 127 cm³/mol. The van der Waals surface area contributed by atoms with Crippen molar-refractivity contribution >= 4 is 41.5 Å². The Kier molecular flexibility index (Phi) is 9.52. The van der Waals surface area contributed by atoms with Crippen molar-refractivity contribution in [3.63, 3.8) is 0 Å². The number of aliphatic imine (C=N–C) groups is 1. The number of hydrogen-bond acceptors (Lipinski definition) is 5. The molecule has 3 rings (SSSR count). The van der Waals surface area contributed by atoms with E-state index in [1.807, 2.05) is 43.3 Å². The lowest BCUT2D eigenvalue weighted by atomic mass is 10.2. The average molecular weight is 526 g/mol. The molecule has 1 amide bonds. The lowest BCUT2D eigenvalue weighted by molar-refractivity contribution is -0.114. The van der Waals surface area contributed by atoms with Crippen molar-refractivity contribution in [2.24, 2.45) is 4.99 Å². The Balaban J connectivity index is 0.00000320. The van der Waals surface area contributed by atoms with Crippen LogP contribution in [0.1, 0.15) is 19.4 Å². The van der Waals surface area contributed by atoms with Gasteiger partial charge in [-0.2, -0.15) is 0 Å². The zero-order valence-electron chi connectivity index (χ0n) is 17.1. The Morgan fingerprint density at radius 1 is 1.13 bits per heavy atom. The van der Waals surface area contributed by atoms with Crippen molar-refractivity contribution in [1.29, 1.82) is 0 Å². The highest BCUT2D eigenvalue weighted by Crippen LogP contribution is 2.32. The molecule has 0 aromatic heterocycles. The van der Waals surface area contributed by atoms with Crippen LogP contribution >= 0.6 is 24.0 Å². The molecule has 1 aliphatic heterocycles. The number of ether oxygens (including phenoxy) is 3. The van der Waals surface area contributed by atoms with Gasteiger partial charge in [-0.1, -0.05) is 12.1 Å². The van der Waals surface area contributed by atoms with Gasteiger partial charge in [-0.15, -0.1) is 24.0 Å². The van der Waals surface area contributed by atoms with Gasteiger partial charge in [0.25, 0.3) is 0 Å². The summed E-state index contributed by atoms with van der Waals surface area (Å²) in [7, 11) is 0. The molecule has 0 aliphatic carbocycles. The Morgan fingerprint density at radius 3 is 2.77 bits per heavy atom. The topological polar surface area (TPSA) is 93.2 Å². The lowest BCUT2D eigenvalue weighted by Gasteiger charge is -2.13. The summed E-state index contributed by atoms with van der Waals surface area (Å²) in [5.74, 6) is 2.81. The van der Waals surface area contributed by atoms with E-state index in [9.17, 15) is 4.79 Å². The van der Waals surface area contributed by atoms with Crippen LogP contribution in [0.5, 0.6) is 17.2 Å². The SMILES string of the molecule is CCNC(=NCc1ccc2c(c1)OCO2)NCCOc1cccc(NC(C)=O)c1.I. The highest BCUT2D eigenvalue weighted by molar-refractivity contribution is 14.0. The molecule has 0 unspecified atom stereocenters. The van der Waals surface area contributed by atoms with Gasteiger partial charge in [0.1, 0.15) is 12.4 Å². The molecule has 0 atom stereocenters. The van der Waals surface area contributed by atoms with Crippen molar-refractivity contribution in [1.82, 2.24) is 10.6 Å². The van der Waals surface area contributed by atoms with Gasteiger partial charge in [-0.25, -0.2) is 4.99 Å². The number of fused-ring (bicyclic) bond motifs is 1. The molecule has 2 aromatic carbocycles. The van der Waals surface area contributed by atoms with E-state index >= 15 is 0 Å². The van der Waals surface area contributed by atoms with E-state index in [4.69, 9.17) is 14.2 Å². The number of nitrogens with one attached hydrogen (secondary N) is 3. The minimum atomic E-state index is -0.113. The van der Waals surface area contributed by atoms with Crippen LogP contribution in [0.25, 0.3) is 0 Å². The first-order chi connectivity index (χ1) is 14.1. The normalized spacial score (nSPS) is 12.0. The van der Waals surface area contributed by atoms with Crippen molar-refractivity contribution in [3.8, 4) is 17.2 Å². The second-order valence-corrected chi connectivity index (χ2v) is 6.37. The van der Waals surface area contributed by atoms with Gasteiger partial charge in [-0.3, -0.25) is 4.79 Å². The molecule has 0 bridgehead atoms. The number of amides is 1. The summed E-state index contributed by atoms with van der Waals surface area (Å²) < 4.78 is 16.5. The van der Waals surface area contributed by atoms with Gasteiger partial charge in [0, 0.05) is 25.2 Å². The minimum Gasteiger partial charge on any atom is -0.492 e. The summed E-state index contributed by atoms with van der Waals surface area (Å²) >= 11 is 0. The molecule has 3 N–H and O–H groups in total. The van der Waals surface area contributed by atoms with Crippen LogP contribution < -0.4 is 30.2 Å². The van der Waals surface area contributed by atoms with Crippen molar-refractivity contribution < 1.29 is 19.0 Å². The van der Waals surface area contributed by atoms with Crippen LogP contribution in [0, 0.1) is 0 Å². The van der Waals surface area contributed by atoms with Gasteiger partial charge < -0.3 is 30.2 Å². The maximum absolute atomic E-state index is 11.1. The molecule has 0 spiro atoms. The lowest BCUT2D eigenvalue weighted by Crippen LogP contribution is -2.39. The first kappa shape index (κ1) is 23.6. The predicted octanol–water partition coefficient (Wildman–Crippen LogP) is 3.13. The number of guanidine groups is 1. The molecule has 0 fully saturated rings. The number of carbonyl (C=O) groups excluding carboxylic acids is 1. The molecule has 0 radical (unpaired) electrons. The monoisotopic (exact) mass is 526 g/mol. The molecule has 2 aromatic rings. The van der Waals surface area contributed by atoms with Crippen molar-refractivity contribution in [2.45, 2.75) is 20.4 Å². The number of carbonyl (C=O) groups is 1. The number of nitrogens with zero attached hydrogens (tertiary/aromatic N) is 1.